The third kappa shape index (κ3) is 6.94. The molecule has 0 saturated heterocycles. The average Bonchev–Trinajstić information content (AvgIpc) is 2.60. The van der Waals surface area contributed by atoms with Crippen LogP contribution in [0, 0.1) is 11.8 Å². The summed E-state index contributed by atoms with van der Waals surface area (Å²) in [7, 11) is 0. The van der Waals surface area contributed by atoms with Crippen molar-refractivity contribution >= 4 is 0 Å². The highest BCUT2D eigenvalue weighted by Gasteiger charge is 2.19. The van der Waals surface area contributed by atoms with Gasteiger partial charge in [0.15, 0.2) is 0 Å². The van der Waals surface area contributed by atoms with Gasteiger partial charge in [0.25, 0.3) is 0 Å². The van der Waals surface area contributed by atoms with Crippen LogP contribution < -0.4 is 0 Å². The van der Waals surface area contributed by atoms with Gasteiger partial charge < -0.3 is 0 Å². The Morgan fingerprint density at radius 2 is 1.78 bits per heavy atom. The Morgan fingerprint density at radius 1 is 1.00 bits per heavy atom. The molecule has 1 aromatic rings. The van der Waals surface area contributed by atoms with Crippen molar-refractivity contribution in [3.63, 3.8) is 0 Å². The summed E-state index contributed by atoms with van der Waals surface area (Å²) < 4.78 is 0. The molecule has 2 unspecified atom stereocenters. The molecule has 0 amide bonds. The number of unbranched alkanes of at least 4 members (excludes halogenated alkanes) is 3. The van der Waals surface area contributed by atoms with Crippen molar-refractivity contribution in [3.8, 4) is 0 Å². The summed E-state index contributed by atoms with van der Waals surface area (Å²) in [6, 6.07) is 10.9. The van der Waals surface area contributed by atoms with Gasteiger partial charge in [-0.15, -0.1) is 0 Å². The molecule has 0 spiro atoms. The van der Waals surface area contributed by atoms with E-state index in [-0.39, 0.29) is 0 Å². The highest BCUT2D eigenvalue weighted by atomic mass is 14.2. The van der Waals surface area contributed by atoms with E-state index in [1.165, 1.54) is 76.2 Å². The van der Waals surface area contributed by atoms with Crippen LogP contribution in [-0.4, -0.2) is 0 Å². The van der Waals surface area contributed by atoms with Gasteiger partial charge in [-0.3, -0.25) is 0 Å². The highest BCUT2D eigenvalue weighted by molar-refractivity contribution is 5.14. The second kappa shape index (κ2) is 10.7. The van der Waals surface area contributed by atoms with Crippen molar-refractivity contribution in [2.45, 2.75) is 84.5 Å². The first-order chi connectivity index (χ1) is 11.3. The first-order valence-corrected chi connectivity index (χ1v) is 10.0. The minimum absolute atomic E-state index is 0.928. The molecule has 128 valence electrons. The van der Waals surface area contributed by atoms with Crippen molar-refractivity contribution in [1.29, 1.82) is 0 Å². The topological polar surface area (TPSA) is 0 Å². The van der Waals surface area contributed by atoms with E-state index in [9.17, 15) is 0 Å². The third-order valence-corrected chi connectivity index (χ3v) is 5.67. The summed E-state index contributed by atoms with van der Waals surface area (Å²) >= 11 is 0. The molecule has 0 radical (unpaired) electrons. The fourth-order valence-corrected chi connectivity index (χ4v) is 3.93. The average molecular weight is 313 g/mol. The zero-order valence-electron chi connectivity index (χ0n) is 15.4. The van der Waals surface area contributed by atoms with E-state index in [1.807, 2.05) is 0 Å². The minimum atomic E-state index is 0.928. The lowest BCUT2D eigenvalue weighted by Crippen LogP contribution is -2.14. The lowest BCUT2D eigenvalue weighted by Gasteiger charge is -2.27. The van der Waals surface area contributed by atoms with Gasteiger partial charge in [0, 0.05) is 0 Å². The van der Waals surface area contributed by atoms with Crippen LogP contribution in [0.4, 0.5) is 0 Å². The molecule has 1 aromatic carbocycles. The van der Waals surface area contributed by atoms with Crippen molar-refractivity contribution in [2.75, 3.05) is 0 Å². The van der Waals surface area contributed by atoms with Crippen LogP contribution in [0.5, 0.6) is 0 Å². The SMILES string of the molecule is CCCCCC(C)C1CC=C(CCCCc2ccccc2)CC1. The van der Waals surface area contributed by atoms with Gasteiger partial charge >= 0.3 is 0 Å². The molecule has 0 heteroatoms. The monoisotopic (exact) mass is 312 g/mol. The van der Waals surface area contributed by atoms with Crippen molar-refractivity contribution < 1.29 is 0 Å². The normalized spacial score (nSPS) is 19.4. The second-order valence-corrected chi connectivity index (χ2v) is 7.56. The zero-order valence-corrected chi connectivity index (χ0v) is 15.4. The lowest BCUT2D eigenvalue weighted by atomic mass is 9.78. The zero-order chi connectivity index (χ0) is 16.3. The molecule has 1 aliphatic rings. The maximum Gasteiger partial charge on any atom is -0.0279 e. The molecule has 23 heavy (non-hydrogen) atoms. The van der Waals surface area contributed by atoms with Gasteiger partial charge in [0.2, 0.25) is 0 Å². The molecule has 0 nitrogen and oxygen atoms in total. The van der Waals surface area contributed by atoms with Crippen LogP contribution in [0.15, 0.2) is 42.0 Å². The Morgan fingerprint density at radius 3 is 2.48 bits per heavy atom. The maximum atomic E-state index is 2.59. The molecule has 2 atom stereocenters. The first-order valence-electron chi connectivity index (χ1n) is 10.0. The van der Waals surface area contributed by atoms with E-state index in [1.54, 1.807) is 5.57 Å². The first kappa shape index (κ1) is 18.3. The highest BCUT2D eigenvalue weighted by Crippen LogP contribution is 2.33. The fourth-order valence-electron chi connectivity index (χ4n) is 3.93. The Kier molecular flexibility index (Phi) is 8.50. The molecule has 0 N–H and O–H groups in total. The third-order valence-electron chi connectivity index (χ3n) is 5.67. The number of rotatable bonds is 10. The summed E-state index contributed by atoms with van der Waals surface area (Å²) in [4.78, 5) is 0. The van der Waals surface area contributed by atoms with E-state index < -0.39 is 0 Å². The molecular weight excluding hydrogens is 276 g/mol. The van der Waals surface area contributed by atoms with Gasteiger partial charge in [0.1, 0.15) is 0 Å². The van der Waals surface area contributed by atoms with Gasteiger partial charge in [-0.05, 0) is 62.3 Å². The Labute approximate surface area is 144 Å². The Bertz CT molecular complexity index is 442. The summed E-state index contributed by atoms with van der Waals surface area (Å²) in [6.07, 6.45) is 17.7. The van der Waals surface area contributed by atoms with Gasteiger partial charge in [-0.2, -0.15) is 0 Å². The van der Waals surface area contributed by atoms with Crippen LogP contribution in [0.1, 0.15) is 83.6 Å². The fraction of sp³-hybridized carbons (Fsp3) is 0.652. The van der Waals surface area contributed by atoms with Crippen molar-refractivity contribution in [1.82, 2.24) is 0 Å². The second-order valence-electron chi connectivity index (χ2n) is 7.56. The summed E-state index contributed by atoms with van der Waals surface area (Å²) in [5, 5.41) is 0. The molecule has 1 aliphatic carbocycles. The standard InChI is InChI=1S/C23H36/c1-3-4-6-11-20(2)23-18-16-22(17-19-23)15-10-9-14-21-12-7-5-8-13-21/h5,7-8,12-13,16,20,23H,3-4,6,9-11,14-15,17-19H2,1-2H3. The number of hydrogen-bond donors (Lipinski definition) is 0. The summed E-state index contributed by atoms with van der Waals surface area (Å²) in [5.74, 6) is 1.89. The molecule has 0 fully saturated rings. The smallest absolute Gasteiger partial charge is 0.0279 e. The van der Waals surface area contributed by atoms with Gasteiger partial charge in [-0.25, -0.2) is 0 Å². The largest absolute Gasteiger partial charge is 0.0850 e. The van der Waals surface area contributed by atoms with E-state index in [4.69, 9.17) is 0 Å². The molecular formula is C23H36. The summed E-state index contributed by atoms with van der Waals surface area (Å²) in [5.41, 5.74) is 3.24. The van der Waals surface area contributed by atoms with Crippen LogP contribution in [0.3, 0.4) is 0 Å². The van der Waals surface area contributed by atoms with Gasteiger partial charge in [0.05, 0.1) is 0 Å². The molecule has 0 aliphatic heterocycles. The molecule has 0 saturated carbocycles. The van der Waals surface area contributed by atoms with E-state index in [0.29, 0.717) is 0 Å². The lowest BCUT2D eigenvalue weighted by molar-refractivity contribution is 0.300. The number of allylic oxidation sites excluding steroid dienone is 2. The van der Waals surface area contributed by atoms with E-state index in [2.05, 4.69) is 50.3 Å². The molecule has 0 bridgehead atoms. The maximum absolute atomic E-state index is 2.59. The predicted molar refractivity (Wildman–Crippen MR) is 103 cm³/mol. The van der Waals surface area contributed by atoms with Crippen molar-refractivity contribution in [2.24, 2.45) is 11.8 Å². The van der Waals surface area contributed by atoms with Gasteiger partial charge in [-0.1, -0.05) is 81.5 Å². The van der Waals surface area contributed by atoms with E-state index in [0.717, 1.165) is 11.8 Å². The van der Waals surface area contributed by atoms with Crippen LogP contribution >= 0.6 is 0 Å². The number of aryl methyl sites for hydroxylation is 1. The van der Waals surface area contributed by atoms with Crippen LogP contribution in [0.2, 0.25) is 0 Å². The minimum Gasteiger partial charge on any atom is -0.0850 e. The van der Waals surface area contributed by atoms with E-state index >= 15 is 0 Å². The van der Waals surface area contributed by atoms with Crippen molar-refractivity contribution in [3.05, 3.63) is 47.5 Å². The number of benzene rings is 1. The quantitative estimate of drug-likeness (QED) is 0.313. The molecule has 2 rings (SSSR count). The molecule has 0 heterocycles. The molecule has 0 aromatic heterocycles. The Balaban J connectivity index is 1.60. The predicted octanol–water partition coefficient (Wildman–Crippen LogP) is 7.34. The van der Waals surface area contributed by atoms with Crippen LogP contribution in [-0.2, 0) is 6.42 Å². The number of hydrogen-bond acceptors (Lipinski definition) is 0. The van der Waals surface area contributed by atoms with Crippen LogP contribution in [0.25, 0.3) is 0 Å². The Hall–Kier alpha value is -1.04. The summed E-state index contributed by atoms with van der Waals surface area (Å²) in [6.45, 7) is 4.79.